The molecule has 3 N–H and O–H groups in total. The number of thiophene rings is 1. The van der Waals surface area contributed by atoms with Gasteiger partial charge in [0.05, 0.1) is 10.6 Å². The van der Waals surface area contributed by atoms with Gasteiger partial charge in [-0.05, 0) is 74.5 Å². The standard InChI is InChI=1S/C26H30N2O4S/c29-23(30)11-7-2-1-6-10-21-18-12-13-19(14-18)24(21)28-26(32)20-15-22(33-16-20)27-25(31)17-8-4-3-5-9-17/h1,3-6,8-9,15-16,18-19,21,24H,2,7,10-14H2,(H,27,31)(H,28,32)(H,29,30)/b6-1+/t18-,19+,21-,24-/m0/s1. The molecule has 4 atom stereocenters. The highest BCUT2D eigenvalue weighted by atomic mass is 32.1. The molecule has 2 aliphatic carbocycles. The number of nitrogens with one attached hydrogen (secondary N) is 2. The number of carbonyl (C=O) groups is 3. The van der Waals surface area contributed by atoms with Crippen LogP contribution in [0.4, 0.5) is 5.00 Å². The predicted octanol–water partition coefficient (Wildman–Crippen LogP) is 5.35. The van der Waals surface area contributed by atoms with Gasteiger partial charge in [0.15, 0.2) is 0 Å². The van der Waals surface area contributed by atoms with Gasteiger partial charge < -0.3 is 15.7 Å². The number of hydrogen-bond acceptors (Lipinski definition) is 4. The molecule has 0 saturated heterocycles. The lowest BCUT2D eigenvalue weighted by atomic mass is 9.82. The zero-order valence-electron chi connectivity index (χ0n) is 18.5. The van der Waals surface area contributed by atoms with E-state index in [0.29, 0.717) is 40.3 Å². The Labute approximate surface area is 198 Å². The molecule has 33 heavy (non-hydrogen) atoms. The van der Waals surface area contributed by atoms with E-state index in [0.717, 1.165) is 19.3 Å². The number of hydrogen-bond donors (Lipinski definition) is 3. The van der Waals surface area contributed by atoms with Gasteiger partial charge in [-0.1, -0.05) is 30.4 Å². The van der Waals surface area contributed by atoms with E-state index in [9.17, 15) is 14.4 Å². The number of unbranched alkanes of at least 4 members (excludes halogenated alkanes) is 1. The Morgan fingerprint density at radius 3 is 2.61 bits per heavy atom. The van der Waals surface area contributed by atoms with Crippen LogP contribution in [0.2, 0.25) is 0 Å². The van der Waals surface area contributed by atoms with E-state index in [1.54, 1.807) is 23.6 Å². The van der Waals surface area contributed by atoms with Gasteiger partial charge >= 0.3 is 5.97 Å². The van der Waals surface area contributed by atoms with E-state index in [4.69, 9.17) is 5.11 Å². The third-order valence-corrected chi connectivity index (χ3v) is 7.70. The molecule has 2 bridgehead atoms. The van der Waals surface area contributed by atoms with E-state index in [2.05, 4.69) is 22.8 Å². The van der Waals surface area contributed by atoms with E-state index in [1.165, 1.54) is 24.2 Å². The summed E-state index contributed by atoms with van der Waals surface area (Å²) < 4.78 is 0. The second-order valence-electron chi connectivity index (χ2n) is 9.01. The van der Waals surface area contributed by atoms with Gasteiger partial charge in [-0.15, -0.1) is 11.3 Å². The number of amides is 2. The fraction of sp³-hybridized carbons (Fsp3) is 0.423. The second kappa shape index (κ2) is 10.8. The van der Waals surface area contributed by atoms with Gasteiger partial charge in [0.25, 0.3) is 11.8 Å². The number of rotatable bonds is 10. The van der Waals surface area contributed by atoms with Crippen molar-refractivity contribution in [1.29, 1.82) is 0 Å². The summed E-state index contributed by atoms with van der Waals surface area (Å²) in [5, 5.41) is 17.3. The first kappa shape index (κ1) is 23.2. The predicted molar refractivity (Wildman–Crippen MR) is 130 cm³/mol. The Morgan fingerprint density at radius 1 is 1.03 bits per heavy atom. The fourth-order valence-electron chi connectivity index (χ4n) is 5.25. The van der Waals surface area contributed by atoms with Gasteiger partial charge in [-0.25, -0.2) is 0 Å². The van der Waals surface area contributed by atoms with E-state index >= 15 is 0 Å². The minimum Gasteiger partial charge on any atom is -0.481 e. The number of anilines is 1. The largest absolute Gasteiger partial charge is 0.481 e. The molecule has 1 aromatic carbocycles. The molecule has 1 aromatic heterocycles. The maximum absolute atomic E-state index is 13.0. The van der Waals surface area contributed by atoms with Crippen LogP contribution in [-0.2, 0) is 4.79 Å². The number of benzene rings is 1. The molecule has 6 nitrogen and oxygen atoms in total. The number of carbonyl (C=O) groups excluding carboxylic acids is 2. The fourth-order valence-corrected chi connectivity index (χ4v) is 6.02. The van der Waals surface area contributed by atoms with Crippen LogP contribution < -0.4 is 10.6 Å². The molecule has 4 rings (SSSR count). The SMILES string of the molecule is O=C(O)CCC/C=C/C[C@H]1[C@H]2CC[C@H](C2)[C@@H]1NC(=O)c1csc(NC(=O)c2ccccc2)c1. The third-order valence-electron chi connectivity index (χ3n) is 6.86. The molecule has 174 valence electrons. The molecule has 7 heteroatoms. The number of aliphatic carboxylic acids is 1. The highest BCUT2D eigenvalue weighted by molar-refractivity contribution is 7.14. The number of carboxylic acid groups (broad SMARTS) is 1. The van der Waals surface area contributed by atoms with Crippen molar-refractivity contribution < 1.29 is 19.5 Å². The first-order chi connectivity index (χ1) is 16.0. The van der Waals surface area contributed by atoms with Crippen LogP contribution >= 0.6 is 11.3 Å². The molecule has 1 heterocycles. The van der Waals surface area contributed by atoms with Crippen molar-refractivity contribution in [2.45, 2.75) is 51.0 Å². The number of fused-ring (bicyclic) bond motifs is 2. The third kappa shape index (κ3) is 5.90. The summed E-state index contributed by atoms with van der Waals surface area (Å²) in [5.74, 6) is 0.578. The lowest BCUT2D eigenvalue weighted by molar-refractivity contribution is -0.137. The van der Waals surface area contributed by atoms with Gasteiger partial charge in [0, 0.05) is 23.4 Å². The summed E-state index contributed by atoms with van der Waals surface area (Å²) >= 11 is 1.35. The van der Waals surface area contributed by atoms with Gasteiger partial charge in [-0.2, -0.15) is 0 Å². The molecule has 2 aromatic rings. The Morgan fingerprint density at radius 2 is 1.82 bits per heavy atom. The Hall–Kier alpha value is -2.93. The minimum absolute atomic E-state index is 0.0838. The van der Waals surface area contributed by atoms with Crippen molar-refractivity contribution in [2.24, 2.45) is 17.8 Å². The summed E-state index contributed by atoms with van der Waals surface area (Å²) in [4.78, 5) is 36.0. The Balaban J connectivity index is 1.32. The quantitative estimate of drug-likeness (QED) is 0.325. The van der Waals surface area contributed by atoms with Crippen molar-refractivity contribution in [3.05, 3.63) is 65.1 Å². The maximum Gasteiger partial charge on any atom is 0.303 e. The van der Waals surface area contributed by atoms with Crippen LogP contribution in [-0.4, -0.2) is 28.9 Å². The zero-order chi connectivity index (χ0) is 23.2. The lowest BCUT2D eigenvalue weighted by Gasteiger charge is -2.31. The van der Waals surface area contributed by atoms with Crippen LogP contribution in [0.25, 0.3) is 0 Å². The van der Waals surface area contributed by atoms with Crippen LogP contribution in [0, 0.1) is 17.8 Å². The minimum atomic E-state index is -0.754. The second-order valence-corrected chi connectivity index (χ2v) is 9.92. The number of allylic oxidation sites excluding steroid dienone is 2. The first-order valence-electron chi connectivity index (χ1n) is 11.6. The molecular weight excluding hydrogens is 436 g/mol. The van der Waals surface area contributed by atoms with Crippen molar-refractivity contribution in [1.82, 2.24) is 5.32 Å². The van der Waals surface area contributed by atoms with E-state index in [1.807, 2.05) is 18.2 Å². The summed E-state index contributed by atoms with van der Waals surface area (Å²) in [6, 6.07) is 10.9. The topological polar surface area (TPSA) is 95.5 Å². The lowest BCUT2D eigenvalue weighted by Crippen LogP contribution is -2.43. The van der Waals surface area contributed by atoms with E-state index < -0.39 is 5.97 Å². The molecule has 2 aliphatic rings. The van der Waals surface area contributed by atoms with Gasteiger partial charge in [0.1, 0.15) is 0 Å². The summed E-state index contributed by atoms with van der Waals surface area (Å²) in [5.41, 5.74) is 1.16. The molecular formula is C26H30N2O4S. The summed E-state index contributed by atoms with van der Waals surface area (Å²) in [6.07, 6.45) is 10.3. The number of carboxylic acids is 1. The van der Waals surface area contributed by atoms with Crippen LogP contribution in [0.3, 0.4) is 0 Å². The zero-order valence-corrected chi connectivity index (χ0v) is 19.4. The molecule has 0 spiro atoms. The van der Waals surface area contributed by atoms with Crippen molar-refractivity contribution in [3.8, 4) is 0 Å². The highest BCUT2D eigenvalue weighted by Gasteiger charge is 2.47. The van der Waals surface area contributed by atoms with Crippen LogP contribution in [0.1, 0.15) is 65.7 Å². The molecule has 0 unspecified atom stereocenters. The molecule has 0 radical (unpaired) electrons. The molecule has 2 saturated carbocycles. The normalized spacial score (nSPS) is 23.6. The van der Waals surface area contributed by atoms with Gasteiger partial charge in [-0.3, -0.25) is 14.4 Å². The van der Waals surface area contributed by atoms with Gasteiger partial charge in [0.2, 0.25) is 0 Å². The van der Waals surface area contributed by atoms with Crippen LogP contribution in [0.15, 0.2) is 53.9 Å². The molecule has 2 fully saturated rings. The van der Waals surface area contributed by atoms with Crippen molar-refractivity contribution in [2.75, 3.05) is 5.32 Å². The highest BCUT2D eigenvalue weighted by Crippen LogP contribution is 2.50. The maximum atomic E-state index is 13.0. The molecule has 2 amide bonds. The smallest absolute Gasteiger partial charge is 0.303 e. The molecule has 0 aliphatic heterocycles. The monoisotopic (exact) mass is 466 g/mol. The summed E-state index contributed by atoms with van der Waals surface area (Å²) in [6.45, 7) is 0. The summed E-state index contributed by atoms with van der Waals surface area (Å²) in [7, 11) is 0. The van der Waals surface area contributed by atoms with Crippen molar-refractivity contribution >= 4 is 34.1 Å². The Kier molecular flexibility index (Phi) is 7.60. The average Bonchev–Trinajstić information content (AvgIpc) is 3.54. The first-order valence-corrected chi connectivity index (χ1v) is 12.5. The van der Waals surface area contributed by atoms with Crippen LogP contribution in [0.5, 0.6) is 0 Å². The van der Waals surface area contributed by atoms with E-state index in [-0.39, 0.29) is 24.3 Å². The average molecular weight is 467 g/mol. The Bertz CT molecular complexity index is 1020. The van der Waals surface area contributed by atoms with Crippen molar-refractivity contribution in [3.63, 3.8) is 0 Å².